The zero-order valence-corrected chi connectivity index (χ0v) is 15.7. The van der Waals surface area contributed by atoms with E-state index in [1.165, 1.54) is 20.3 Å². The average molecular weight is 379 g/mol. The van der Waals surface area contributed by atoms with Gasteiger partial charge in [-0.2, -0.15) is 5.10 Å². The van der Waals surface area contributed by atoms with Crippen molar-refractivity contribution in [2.24, 2.45) is 5.10 Å². The number of sulfone groups is 1. The summed E-state index contributed by atoms with van der Waals surface area (Å²) in [6, 6.07) is 3.16. The van der Waals surface area contributed by atoms with Crippen LogP contribution in [-0.4, -0.2) is 68.0 Å². The molecule has 1 atom stereocenters. The van der Waals surface area contributed by atoms with E-state index in [9.17, 15) is 13.5 Å². The summed E-state index contributed by atoms with van der Waals surface area (Å²) in [6.45, 7) is 2.20. The predicted molar refractivity (Wildman–Crippen MR) is 98.9 cm³/mol. The lowest BCUT2D eigenvalue weighted by atomic mass is 10.1. The molecule has 0 amide bonds. The molecule has 26 heavy (non-hydrogen) atoms. The van der Waals surface area contributed by atoms with Gasteiger partial charge < -0.3 is 14.6 Å². The Balaban J connectivity index is 1.93. The lowest BCUT2D eigenvalue weighted by Crippen LogP contribution is -2.43. The summed E-state index contributed by atoms with van der Waals surface area (Å²) in [5.74, 6) is 0.794. The number of fused-ring (bicyclic) bond motifs is 1. The number of pyridine rings is 1. The highest BCUT2D eigenvalue weighted by Crippen LogP contribution is 2.42. The molecule has 2 aromatic rings. The first-order valence-corrected chi connectivity index (χ1v) is 9.91. The molecule has 0 bridgehead atoms. The minimum absolute atomic E-state index is 0.0471. The van der Waals surface area contributed by atoms with E-state index < -0.39 is 9.84 Å². The Hall–Kier alpha value is -2.55. The first-order valence-electron chi connectivity index (χ1n) is 8.09. The molecule has 9 heteroatoms. The fourth-order valence-electron chi connectivity index (χ4n) is 2.99. The van der Waals surface area contributed by atoms with Gasteiger partial charge in [-0.05, 0) is 13.0 Å². The summed E-state index contributed by atoms with van der Waals surface area (Å²) >= 11 is 0. The van der Waals surface area contributed by atoms with E-state index >= 15 is 0 Å². The quantitative estimate of drug-likeness (QED) is 0.802. The molecule has 8 nitrogen and oxygen atoms in total. The predicted octanol–water partition coefficient (Wildman–Crippen LogP) is 1.41. The van der Waals surface area contributed by atoms with Crippen molar-refractivity contribution in [3.63, 3.8) is 0 Å². The van der Waals surface area contributed by atoms with Crippen LogP contribution in [-0.2, 0) is 9.84 Å². The van der Waals surface area contributed by atoms with E-state index in [1.54, 1.807) is 17.4 Å². The largest absolute Gasteiger partial charge is 0.504 e. The van der Waals surface area contributed by atoms with E-state index in [4.69, 9.17) is 9.47 Å². The second kappa shape index (κ2) is 6.99. The highest BCUT2D eigenvalue weighted by Gasteiger charge is 2.27. The molecule has 1 aliphatic rings. The fraction of sp³-hybridized carbons (Fsp3) is 0.412. The van der Waals surface area contributed by atoms with Crippen LogP contribution in [0, 0.1) is 0 Å². The van der Waals surface area contributed by atoms with Gasteiger partial charge >= 0.3 is 0 Å². The molecule has 1 saturated heterocycles. The molecule has 0 radical (unpaired) electrons. The number of nitrogens with zero attached hydrogens (tertiary/aromatic N) is 3. The maximum Gasteiger partial charge on any atom is 0.203 e. The number of hydrogen-bond donors (Lipinski definition) is 1. The number of hydrogen-bond acceptors (Lipinski definition) is 8. The fourth-order valence-corrected chi connectivity index (χ4v) is 4.53. The molecule has 1 aromatic carbocycles. The van der Waals surface area contributed by atoms with Crippen molar-refractivity contribution in [2.45, 2.75) is 13.0 Å². The molecule has 0 saturated carbocycles. The standard InChI is InChI=1S/C17H21N3O5S/c1-11-10-26(22,23)5-4-20(11)19-9-12-6-13-14(18-8-12)7-15(21)17(25-3)16(13)24-2/h6-9,11,21H,4-5,10H2,1-3H3/b19-9+. The van der Waals surface area contributed by atoms with Gasteiger partial charge in [-0.1, -0.05) is 0 Å². The molecule has 3 rings (SSSR count). The molecule has 0 spiro atoms. The zero-order chi connectivity index (χ0) is 18.9. The maximum absolute atomic E-state index is 11.7. The molecule has 2 heterocycles. The Morgan fingerprint density at radius 2 is 2.04 bits per heavy atom. The Labute approximate surface area is 152 Å². The number of aromatic nitrogens is 1. The number of phenolic OH excluding ortho intramolecular Hbond substituents is 1. The average Bonchev–Trinajstić information content (AvgIpc) is 2.59. The first kappa shape index (κ1) is 18.2. The van der Waals surface area contributed by atoms with Gasteiger partial charge in [0.25, 0.3) is 0 Å². The zero-order valence-electron chi connectivity index (χ0n) is 14.8. The van der Waals surface area contributed by atoms with Gasteiger partial charge in [0.15, 0.2) is 21.3 Å². The summed E-state index contributed by atoms with van der Waals surface area (Å²) in [7, 11) is -0.0337. The van der Waals surface area contributed by atoms with E-state index in [1.807, 2.05) is 13.0 Å². The second-order valence-electron chi connectivity index (χ2n) is 6.17. The lowest BCUT2D eigenvalue weighted by Gasteiger charge is -2.30. The number of methoxy groups -OCH3 is 2. The number of hydrazone groups is 1. The molecular weight excluding hydrogens is 358 g/mol. The van der Waals surface area contributed by atoms with E-state index in [0.29, 0.717) is 23.2 Å². The van der Waals surface area contributed by atoms with Crippen LogP contribution < -0.4 is 9.47 Å². The van der Waals surface area contributed by atoms with Gasteiger partial charge in [0.1, 0.15) is 0 Å². The number of rotatable bonds is 4. The SMILES string of the molecule is COc1c(O)cc2ncc(/C=N/N3CCS(=O)(=O)CC3C)cc2c1OC. The molecule has 1 N–H and O–H groups in total. The second-order valence-corrected chi connectivity index (χ2v) is 8.40. The molecular formula is C17H21N3O5S. The van der Waals surface area contributed by atoms with Crippen molar-refractivity contribution in [2.75, 3.05) is 32.3 Å². The molecule has 1 aliphatic heterocycles. The lowest BCUT2D eigenvalue weighted by molar-refractivity contribution is 0.239. The van der Waals surface area contributed by atoms with Gasteiger partial charge in [-0.3, -0.25) is 9.99 Å². The third-order valence-corrected chi connectivity index (χ3v) is 6.09. The molecule has 1 fully saturated rings. The Kier molecular flexibility index (Phi) is 4.90. The Morgan fingerprint density at radius 3 is 2.69 bits per heavy atom. The summed E-state index contributed by atoms with van der Waals surface area (Å²) in [6.07, 6.45) is 3.27. The van der Waals surface area contributed by atoms with Crippen LogP contribution in [0.4, 0.5) is 0 Å². The van der Waals surface area contributed by atoms with E-state index in [2.05, 4.69) is 10.1 Å². The van der Waals surface area contributed by atoms with Crippen molar-refractivity contribution < 1.29 is 23.0 Å². The number of ether oxygens (including phenoxy) is 2. The van der Waals surface area contributed by atoms with Gasteiger partial charge in [0.2, 0.25) is 5.75 Å². The monoisotopic (exact) mass is 379 g/mol. The normalized spacial score (nSPS) is 19.8. The van der Waals surface area contributed by atoms with Crippen LogP contribution >= 0.6 is 0 Å². The van der Waals surface area contributed by atoms with Gasteiger partial charge in [0, 0.05) is 23.2 Å². The van der Waals surface area contributed by atoms with Gasteiger partial charge in [0.05, 0.1) is 50.0 Å². The summed E-state index contributed by atoms with van der Waals surface area (Å²) in [5, 5.41) is 16.9. The number of phenols is 1. The minimum atomic E-state index is -2.98. The Bertz CT molecular complexity index is 959. The third kappa shape index (κ3) is 3.52. The van der Waals surface area contributed by atoms with Crippen molar-refractivity contribution in [3.8, 4) is 17.2 Å². The van der Waals surface area contributed by atoms with Crippen molar-refractivity contribution in [1.82, 2.24) is 9.99 Å². The molecule has 1 aromatic heterocycles. The Morgan fingerprint density at radius 1 is 1.31 bits per heavy atom. The van der Waals surface area contributed by atoms with Crippen LogP contribution in [0.3, 0.4) is 0 Å². The first-order chi connectivity index (χ1) is 12.3. The third-order valence-electron chi connectivity index (χ3n) is 4.30. The highest BCUT2D eigenvalue weighted by atomic mass is 32.2. The number of benzene rings is 1. The van der Waals surface area contributed by atoms with Crippen LogP contribution in [0.5, 0.6) is 17.2 Å². The summed E-state index contributed by atoms with van der Waals surface area (Å²) in [5.41, 5.74) is 1.29. The molecule has 140 valence electrons. The van der Waals surface area contributed by atoms with Crippen molar-refractivity contribution >= 4 is 27.0 Å². The number of aromatic hydroxyl groups is 1. The molecule has 1 unspecified atom stereocenters. The van der Waals surface area contributed by atoms with E-state index in [0.717, 1.165) is 5.56 Å². The van der Waals surface area contributed by atoms with Crippen LogP contribution in [0.1, 0.15) is 12.5 Å². The minimum Gasteiger partial charge on any atom is -0.504 e. The van der Waals surface area contributed by atoms with E-state index in [-0.39, 0.29) is 29.0 Å². The topological polar surface area (TPSA) is 101 Å². The summed E-state index contributed by atoms with van der Waals surface area (Å²) in [4.78, 5) is 4.33. The smallest absolute Gasteiger partial charge is 0.203 e. The van der Waals surface area contributed by atoms with Crippen LogP contribution in [0.2, 0.25) is 0 Å². The van der Waals surface area contributed by atoms with Crippen LogP contribution in [0.15, 0.2) is 23.4 Å². The van der Waals surface area contributed by atoms with Crippen molar-refractivity contribution in [1.29, 1.82) is 0 Å². The molecule has 0 aliphatic carbocycles. The van der Waals surface area contributed by atoms with Crippen LogP contribution in [0.25, 0.3) is 10.9 Å². The summed E-state index contributed by atoms with van der Waals surface area (Å²) < 4.78 is 33.9. The highest BCUT2D eigenvalue weighted by molar-refractivity contribution is 7.91. The maximum atomic E-state index is 11.7. The van der Waals surface area contributed by atoms with Gasteiger partial charge in [-0.25, -0.2) is 8.42 Å². The van der Waals surface area contributed by atoms with Gasteiger partial charge in [-0.15, -0.1) is 0 Å². The van der Waals surface area contributed by atoms with Crippen molar-refractivity contribution in [3.05, 3.63) is 23.9 Å².